The first-order chi connectivity index (χ1) is 10.6. The number of halogens is 2. The van der Waals surface area contributed by atoms with Crippen LogP contribution in [0.2, 0.25) is 10.0 Å². The van der Waals surface area contributed by atoms with Crippen molar-refractivity contribution in [2.75, 3.05) is 0 Å². The van der Waals surface area contributed by atoms with Gasteiger partial charge in [-0.1, -0.05) is 29.3 Å². The van der Waals surface area contributed by atoms with E-state index >= 15 is 0 Å². The highest BCUT2D eigenvalue weighted by atomic mass is 35.5. The first kappa shape index (κ1) is 13.9. The van der Waals surface area contributed by atoms with Gasteiger partial charge in [0.25, 0.3) is 5.56 Å². The quantitative estimate of drug-likeness (QED) is 0.792. The summed E-state index contributed by atoms with van der Waals surface area (Å²) in [4.78, 5) is 17.4. The van der Waals surface area contributed by atoms with Crippen LogP contribution in [0.3, 0.4) is 0 Å². The molecule has 0 aliphatic heterocycles. The second-order valence-corrected chi connectivity index (χ2v) is 6.45. The van der Waals surface area contributed by atoms with E-state index in [1.165, 1.54) is 4.52 Å². The highest BCUT2D eigenvalue weighted by Gasteiger charge is 2.30. The Morgan fingerprint density at radius 3 is 2.77 bits per heavy atom. The smallest absolute Gasteiger partial charge is 0.276 e. The van der Waals surface area contributed by atoms with Crippen LogP contribution >= 0.6 is 23.2 Å². The van der Waals surface area contributed by atoms with Gasteiger partial charge in [-0.2, -0.15) is 0 Å². The third-order valence-electron chi connectivity index (χ3n) is 4.00. The standard InChI is InChI=1S/C16H13Cl2N3O/c17-12-4-1-9(8-13(12)18)7-11-15(10-2-3-10)20-14-5-6-19-21(14)16(11)22/h1,4-6,8,10,19H,2-3,7H2. The average molecular weight is 334 g/mol. The number of hydrogen-bond donors (Lipinski definition) is 1. The molecule has 0 atom stereocenters. The van der Waals surface area contributed by atoms with E-state index in [4.69, 9.17) is 23.2 Å². The highest BCUT2D eigenvalue weighted by Crippen LogP contribution is 2.40. The van der Waals surface area contributed by atoms with Gasteiger partial charge >= 0.3 is 0 Å². The fraction of sp³-hybridized carbons (Fsp3) is 0.250. The minimum Gasteiger partial charge on any atom is -0.297 e. The van der Waals surface area contributed by atoms with Crippen molar-refractivity contribution in [1.82, 2.24) is 14.6 Å². The van der Waals surface area contributed by atoms with Crippen LogP contribution in [-0.4, -0.2) is 14.6 Å². The molecule has 112 valence electrons. The van der Waals surface area contributed by atoms with Gasteiger partial charge in [-0.15, -0.1) is 0 Å². The van der Waals surface area contributed by atoms with Crippen LogP contribution in [0.1, 0.15) is 35.6 Å². The number of rotatable bonds is 3. The predicted molar refractivity (Wildman–Crippen MR) is 87.1 cm³/mol. The highest BCUT2D eigenvalue weighted by molar-refractivity contribution is 6.42. The first-order valence-corrected chi connectivity index (χ1v) is 7.92. The summed E-state index contributed by atoms with van der Waals surface area (Å²) in [6.07, 6.45) is 4.43. The summed E-state index contributed by atoms with van der Waals surface area (Å²) in [5, 5.41) is 3.93. The third-order valence-corrected chi connectivity index (χ3v) is 4.74. The Balaban J connectivity index is 1.85. The Kier molecular flexibility index (Phi) is 3.24. The number of aromatic amines is 1. The molecule has 2 heterocycles. The molecule has 1 N–H and O–H groups in total. The van der Waals surface area contributed by atoms with Gasteiger partial charge in [-0.25, -0.2) is 9.50 Å². The molecule has 3 aromatic rings. The van der Waals surface area contributed by atoms with Gasteiger partial charge in [0.1, 0.15) is 0 Å². The fourth-order valence-electron chi connectivity index (χ4n) is 2.73. The molecule has 1 saturated carbocycles. The second-order valence-electron chi connectivity index (χ2n) is 5.64. The van der Waals surface area contributed by atoms with Gasteiger partial charge in [0, 0.05) is 30.2 Å². The molecule has 0 bridgehead atoms. The topological polar surface area (TPSA) is 50.2 Å². The van der Waals surface area contributed by atoms with Crippen LogP contribution in [0.25, 0.3) is 5.65 Å². The van der Waals surface area contributed by atoms with Crippen LogP contribution in [0.4, 0.5) is 0 Å². The maximum absolute atomic E-state index is 12.7. The summed E-state index contributed by atoms with van der Waals surface area (Å²) in [6.45, 7) is 0. The minimum absolute atomic E-state index is 0.0389. The van der Waals surface area contributed by atoms with E-state index in [1.54, 1.807) is 12.3 Å². The molecule has 4 nitrogen and oxygen atoms in total. The average Bonchev–Trinajstić information content (AvgIpc) is 3.23. The van der Waals surface area contributed by atoms with Crippen molar-refractivity contribution in [3.63, 3.8) is 0 Å². The molecule has 2 aromatic heterocycles. The zero-order chi connectivity index (χ0) is 15.3. The van der Waals surface area contributed by atoms with E-state index in [9.17, 15) is 4.79 Å². The van der Waals surface area contributed by atoms with Gasteiger partial charge in [-0.3, -0.25) is 9.89 Å². The summed E-state index contributed by atoms with van der Waals surface area (Å²) in [6, 6.07) is 7.28. The molecule has 0 spiro atoms. The van der Waals surface area contributed by atoms with Crippen molar-refractivity contribution in [2.45, 2.75) is 25.2 Å². The van der Waals surface area contributed by atoms with Crippen LogP contribution in [0.15, 0.2) is 35.3 Å². The van der Waals surface area contributed by atoms with Crippen molar-refractivity contribution in [3.05, 3.63) is 67.7 Å². The predicted octanol–water partition coefficient (Wildman–Crippen LogP) is 3.80. The monoisotopic (exact) mass is 333 g/mol. The molecule has 0 radical (unpaired) electrons. The molecule has 6 heteroatoms. The normalized spacial score (nSPS) is 14.6. The first-order valence-electron chi connectivity index (χ1n) is 7.16. The van der Waals surface area contributed by atoms with Crippen LogP contribution in [-0.2, 0) is 6.42 Å². The van der Waals surface area contributed by atoms with Crippen molar-refractivity contribution in [3.8, 4) is 0 Å². The number of nitrogens with zero attached hydrogens (tertiary/aromatic N) is 2. The molecular weight excluding hydrogens is 321 g/mol. The number of aromatic nitrogens is 3. The Morgan fingerprint density at radius 1 is 1.23 bits per heavy atom. The molecule has 0 saturated heterocycles. The molecule has 1 aliphatic carbocycles. The number of fused-ring (bicyclic) bond motifs is 1. The Bertz CT molecular complexity index is 925. The zero-order valence-corrected chi connectivity index (χ0v) is 13.2. The Hall–Kier alpha value is -1.78. The van der Waals surface area contributed by atoms with E-state index in [0.29, 0.717) is 28.0 Å². The van der Waals surface area contributed by atoms with Crippen molar-refractivity contribution in [2.24, 2.45) is 0 Å². The van der Waals surface area contributed by atoms with Gasteiger partial charge in [0.15, 0.2) is 5.65 Å². The number of hydrogen-bond acceptors (Lipinski definition) is 2. The summed E-state index contributed by atoms with van der Waals surface area (Å²) >= 11 is 12.0. The van der Waals surface area contributed by atoms with E-state index in [0.717, 1.165) is 29.7 Å². The molecule has 1 aliphatic rings. The lowest BCUT2D eigenvalue weighted by Gasteiger charge is -2.09. The summed E-state index contributed by atoms with van der Waals surface area (Å²) in [5.74, 6) is 0.408. The molecule has 1 fully saturated rings. The molecular formula is C16H13Cl2N3O. The maximum atomic E-state index is 12.7. The summed E-state index contributed by atoms with van der Waals surface area (Å²) in [7, 11) is 0. The largest absolute Gasteiger partial charge is 0.297 e. The van der Waals surface area contributed by atoms with E-state index in [-0.39, 0.29) is 5.56 Å². The van der Waals surface area contributed by atoms with Crippen molar-refractivity contribution >= 4 is 28.8 Å². The second kappa shape index (κ2) is 5.14. The summed E-state index contributed by atoms with van der Waals surface area (Å²) < 4.78 is 1.48. The molecule has 4 rings (SSSR count). The van der Waals surface area contributed by atoms with E-state index in [1.807, 2.05) is 18.2 Å². The lowest BCUT2D eigenvalue weighted by atomic mass is 10.0. The lowest BCUT2D eigenvalue weighted by Crippen LogP contribution is -2.22. The fourth-order valence-corrected chi connectivity index (χ4v) is 3.05. The van der Waals surface area contributed by atoms with Crippen LogP contribution < -0.4 is 5.56 Å². The minimum atomic E-state index is -0.0389. The summed E-state index contributed by atoms with van der Waals surface area (Å²) in [5.41, 5.74) is 3.26. The maximum Gasteiger partial charge on any atom is 0.276 e. The van der Waals surface area contributed by atoms with Gasteiger partial charge in [0.2, 0.25) is 0 Å². The number of nitrogens with one attached hydrogen (secondary N) is 1. The lowest BCUT2D eigenvalue weighted by molar-refractivity contribution is 0.838. The van der Waals surface area contributed by atoms with Gasteiger partial charge in [-0.05, 0) is 30.5 Å². The van der Waals surface area contributed by atoms with Gasteiger partial charge in [0.05, 0.1) is 15.7 Å². The number of benzene rings is 1. The zero-order valence-electron chi connectivity index (χ0n) is 11.6. The SMILES string of the molecule is O=c1c(Cc2ccc(Cl)c(Cl)c2)c(C2CC2)nc2cc[nH]n12. The van der Waals surface area contributed by atoms with Crippen molar-refractivity contribution < 1.29 is 0 Å². The van der Waals surface area contributed by atoms with Crippen LogP contribution in [0.5, 0.6) is 0 Å². The molecule has 0 unspecified atom stereocenters. The number of H-pyrrole nitrogens is 1. The Labute approximate surface area is 136 Å². The molecule has 22 heavy (non-hydrogen) atoms. The third kappa shape index (κ3) is 2.32. The molecule has 0 amide bonds. The molecule has 1 aromatic carbocycles. The van der Waals surface area contributed by atoms with E-state index in [2.05, 4.69) is 10.1 Å². The Morgan fingerprint density at radius 2 is 2.05 bits per heavy atom. The van der Waals surface area contributed by atoms with E-state index < -0.39 is 0 Å². The van der Waals surface area contributed by atoms with Crippen molar-refractivity contribution in [1.29, 1.82) is 0 Å². The van der Waals surface area contributed by atoms with Gasteiger partial charge < -0.3 is 0 Å². The van der Waals surface area contributed by atoms with Crippen LogP contribution in [0, 0.1) is 0 Å².